The van der Waals surface area contributed by atoms with Crippen molar-refractivity contribution >= 4 is 23.7 Å². The second-order valence-electron chi connectivity index (χ2n) is 9.59. The number of carbonyl (C=O) groups is 1. The molecular formula is C28H41N3O4. The molecule has 7 nitrogen and oxygen atoms in total. The van der Waals surface area contributed by atoms with Crippen LogP contribution in [-0.4, -0.2) is 42.1 Å². The molecule has 1 atom stereocenters. The van der Waals surface area contributed by atoms with E-state index in [-0.39, 0.29) is 5.41 Å². The van der Waals surface area contributed by atoms with E-state index in [4.69, 9.17) is 14.2 Å². The number of aryl methyl sites for hydroxylation is 2. The Kier molecular flexibility index (Phi) is 10.1. The van der Waals surface area contributed by atoms with Gasteiger partial charge in [-0.1, -0.05) is 58.4 Å². The Bertz CT molecular complexity index is 1040. The predicted octanol–water partition coefficient (Wildman–Crippen LogP) is 6.70. The van der Waals surface area contributed by atoms with Gasteiger partial charge in [-0.3, -0.25) is 9.67 Å². The molecule has 0 aliphatic carbocycles. The lowest BCUT2D eigenvalue weighted by Gasteiger charge is -2.22. The highest BCUT2D eigenvalue weighted by molar-refractivity contribution is 6.18. The Labute approximate surface area is 210 Å². The molecule has 35 heavy (non-hydrogen) atoms. The lowest BCUT2D eigenvalue weighted by molar-refractivity contribution is -0.0672. The van der Waals surface area contributed by atoms with Gasteiger partial charge in [0.25, 0.3) is 0 Å². The molecule has 0 aliphatic heterocycles. The number of benzene rings is 1. The topological polar surface area (TPSA) is 74.9 Å². The van der Waals surface area contributed by atoms with Gasteiger partial charge in [-0.15, -0.1) is 0 Å². The highest BCUT2D eigenvalue weighted by atomic mass is 16.8. The second kappa shape index (κ2) is 12.6. The van der Waals surface area contributed by atoms with Gasteiger partial charge in [0.15, 0.2) is 5.76 Å². The van der Waals surface area contributed by atoms with Crippen molar-refractivity contribution in [2.75, 3.05) is 13.7 Å². The van der Waals surface area contributed by atoms with Crippen molar-refractivity contribution in [2.45, 2.75) is 86.5 Å². The molecule has 0 amide bonds. The smallest absolute Gasteiger partial charge is 0.452 e. The van der Waals surface area contributed by atoms with Crippen molar-refractivity contribution in [3.05, 3.63) is 52.3 Å². The quantitative estimate of drug-likeness (QED) is 0.124. The van der Waals surface area contributed by atoms with E-state index in [0.29, 0.717) is 18.9 Å². The molecule has 192 valence electrons. The van der Waals surface area contributed by atoms with Gasteiger partial charge in [-0.25, -0.2) is 4.79 Å². The SMILES string of the molecule is CCCCOC(=O)OC(C)O/C(=C(/C=NC)c1ccc(C(C)(C)C)cc1)c1c(C)c(C)nn1CC. The van der Waals surface area contributed by atoms with Gasteiger partial charge in [-0.2, -0.15) is 5.10 Å². The van der Waals surface area contributed by atoms with Crippen molar-refractivity contribution in [1.82, 2.24) is 9.78 Å². The molecule has 1 aromatic carbocycles. The van der Waals surface area contributed by atoms with Crippen LogP contribution in [0.2, 0.25) is 0 Å². The van der Waals surface area contributed by atoms with E-state index in [0.717, 1.165) is 40.9 Å². The number of carbonyl (C=O) groups excluding carboxylic acids is 1. The average Bonchev–Trinajstić information content (AvgIpc) is 3.09. The summed E-state index contributed by atoms with van der Waals surface area (Å²) in [6.45, 7) is 17.3. The Balaban J connectivity index is 2.59. The molecule has 0 aliphatic rings. The summed E-state index contributed by atoms with van der Waals surface area (Å²) in [5.41, 5.74) is 5.72. The van der Waals surface area contributed by atoms with Crippen molar-refractivity contribution in [1.29, 1.82) is 0 Å². The van der Waals surface area contributed by atoms with Gasteiger partial charge in [0.2, 0.25) is 6.29 Å². The summed E-state index contributed by atoms with van der Waals surface area (Å²) in [6, 6.07) is 8.38. The first-order valence-electron chi connectivity index (χ1n) is 12.3. The van der Waals surface area contributed by atoms with Gasteiger partial charge < -0.3 is 14.2 Å². The third kappa shape index (κ3) is 7.44. The summed E-state index contributed by atoms with van der Waals surface area (Å²) in [7, 11) is 1.72. The van der Waals surface area contributed by atoms with Crippen LogP contribution in [-0.2, 0) is 26.2 Å². The van der Waals surface area contributed by atoms with E-state index in [1.165, 1.54) is 5.56 Å². The van der Waals surface area contributed by atoms with Crippen molar-refractivity contribution in [3.63, 3.8) is 0 Å². The number of allylic oxidation sites excluding steroid dienone is 1. The van der Waals surface area contributed by atoms with Crippen LogP contribution in [0.15, 0.2) is 29.3 Å². The van der Waals surface area contributed by atoms with Crippen molar-refractivity contribution < 1.29 is 19.0 Å². The Morgan fingerprint density at radius 1 is 1.14 bits per heavy atom. The fourth-order valence-corrected chi connectivity index (χ4v) is 3.64. The fraction of sp³-hybridized carbons (Fsp3) is 0.536. The molecule has 1 heterocycles. The molecule has 2 aromatic rings. The first-order chi connectivity index (χ1) is 16.5. The third-order valence-corrected chi connectivity index (χ3v) is 5.77. The number of rotatable bonds is 10. The molecule has 0 spiro atoms. The van der Waals surface area contributed by atoms with Crippen LogP contribution in [0.3, 0.4) is 0 Å². The highest BCUT2D eigenvalue weighted by Gasteiger charge is 2.24. The van der Waals surface area contributed by atoms with Crippen LogP contribution in [0, 0.1) is 13.8 Å². The first-order valence-corrected chi connectivity index (χ1v) is 12.3. The van der Waals surface area contributed by atoms with E-state index in [9.17, 15) is 4.79 Å². The normalized spacial score (nSPS) is 13.5. The fourth-order valence-electron chi connectivity index (χ4n) is 3.64. The van der Waals surface area contributed by atoms with Crippen LogP contribution in [0.1, 0.15) is 82.5 Å². The van der Waals surface area contributed by atoms with E-state index in [1.54, 1.807) is 20.2 Å². The van der Waals surface area contributed by atoms with Gasteiger partial charge in [-0.05, 0) is 43.7 Å². The van der Waals surface area contributed by atoms with Crippen molar-refractivity contribution in [2.24, 2.45) is 4.99 Å². The monoisotopic (exact) mass is 483 g/mol. The molecule has 1 unspecified atom stereocenters. The third-order valence-electron chi connectivity index (χ3n) is 5.77. The van der Waals surface area contributed by atoms with E-state index < -0.39 is 12.4 Å². The number of hydrogen-bond acceptors (Lipinski definition) is 6. The molecule has 1 aromatic heterocycles. The molecule has 7 heteroatoms. The number of aromatic nitrogens is 2. The summed E-state index contributed by atoms with van der Waals surface area (Å²) in [6.07, 6.45) is 1.86. The molecular weight excluding hydrogens is 442 g/mol. The Morgan fingerprint density at radius 3 is 2.34 bits per heavy atom. The van der Waals surface area contributed by atoms with Crippen LogP contribution in [0.25, 0.3) is 11.3 Å². The zero-order chi connectivity index (χ0) is 26.2. The Morgan fingerprint density at radius 2 is 1.80 bits per heavy atom. The number of nitrogens with zero attached hydrogens (tertiary/aromatic N) is 3. The lowest BCUT2D eigenvalue weighted by Crippen LogP contribution is -2.20. The number of unbranched alkanes of at least 4 members (excludes halogenated alkanes) is 1. The summed E-state index contributed by atoms with van der Waals surface area (Å²) < 4.78 is 18.8. The largest absolute Gasteiger partial charge is 0.511 e. The zero-order valence-electron chi connectivity index (χ0n) is 22.8. The molecule has 0 saturated heterocycles. The van der Waals surface area contributed by atoms with Crippen LogP contribution in [0.4, 0.5) is 4.79 Å². The molecule has 0 N–H and O–H groups in total. The Hall–Kier alpha value is -3.09. The molecule has 0 saturated carbocycles. The average molecular weight is 484 g/mol. The number of hydrogen-bond donors (Lipinski definition) is 0. The highest BCUT2D eigenvalue weighted by Crippen LogP contribution is 2.32. The van der Waals surface area contributed by atoms with Gasteiger partial charge in [0.1, 0.15) is 5.69 Å². The van der Waals surface area contributed by atoms with E-state index in [2.05, 4.69) is 55.1 Å². The van der Waals surface area contributed by atoms with Crippen LogP contribution < -0.4 is 0 Å². The molecule has 0 radical (unpaired) electrons. The van der Waals surface area contributed by atoms with Gasteiger partial charge in [0.05, 0.1) is 12.3 Å². The minimum atomic E-state index is -0.881. The standard InChI is InChI=1S/C28H41N3O4/c1-10-12-17-33-27(32)35-21(5)34-26(25-19(3)20(4)30-31(25)11-2)24(18-29-9)22-13-15-23(16-14-22)28(6,7)8/h13-16,18,21H,10-12,17H2,1-9H3/b26-24-,29-18?. The number of ether oxygens (including phenoxy) is 3. The van der Waals surface area contributed by atoms with E-state index >= 15 is 0 Å². The van der Waals surface area contributed by atoms with E-state index in [1.807, 2.05) is 32.4 Å². The van der Waals surface area contributed by atoms with Gasteiger partial charge in [0, 0.05) is 37.9 Å². The predicted molar refractivity (Wildman–Crippen MR) is 142 cm³/mol. The summed E-state index contributed by atoms with van der Waals surface area (Å²) in [5, 5.41) is 4.68. The van der Waals surface area contributed by atoms with Crippen molar-refractivity contribution in [3.8, 4) is 0 Å². The second-order valence-corrected chi connectivity index (χ2v) is 9.59. The maximum atomic E-state index is 12.2. The first kappa shape index (κ1) is 28.1. The minimum absolute atomic E-state index is 0.0373. The maximum Gasteiger partial charge on any atom is 0.511 e. The summed E-state index contributed by atoms with van der Waals surface area (Å²) in [4.78, 5) is 16.5. The zero-order valence-corrected chi connectivity index (χ0v) is 22.8. The minimum Gasteiger partial charge on any atom is -0.452 e. The summed E-state index contributed by atoms with van der Waals surface area (Å²) in [5.74, 6) is 0.549. The lowest BCUT2D eigenvalue weighted by atomic mass is 9.86. The van der Waals surface area contributed by atoms with Gasteiger partial charge >= 0.3 is 6.16 Å². The number of aliphatic imine (C=N–C) groups is 1. The molecule has 2 rings (SSSR count). The molecule has 0 fully saturated rings. The summed E-state index contributed by atoms with van der Waals surface area (Å²) >= 11 is 0. The molecule has 0 bridgehead atoms. The van der Waals surface area contributed by atoms with Crippen LogP contribution >= 0.6 is 0 Å². The van der Waals surface area contributed by atoms with Crippen LogP contribution in [0.5, 0.6) is 0 Å². The maximum absolute atomic E-state index is 12.2.